The molecule has 1 aromatic rings. The van der Waals surface area contributed by atoms with Crippen molar-refractivity contribution in [2.24, 2.45) is 0 Å². The highest BCUT2D eigenvalue weighted by Crippen LogP contribution is 2.20. The maximum Gasteiger partial charge on any atom is 0.255 e. The molecule has 2 N–H and O–H groups in total. The number of anilines is 1. The molecule has 1 fully saturated rings. The second-order valence-electron chi connectivity index (χ2n) is 5.82. The van der Waals surface area contributed by atoms with Crippen LogP contribution in [0.4, 0.5) is 5.69 Å². The van der Waals surface area contributed by atoms with Crippen molar-refractivity contribution in [3.63, 3.8) is 0 Å². The van der Waals surface area contributed by atoms with E-state index < -0.39 is 0 Å². The van der Waals surface area contributed by atoms with E-state index in [2.05, 4.69) is 17.6 Å². The zero-order valence-electron chi connectivity index (χ0n) is 12.6. The largest absolute Gasteiger partial charge is 0.382 e. The van der Waals surface area contributed by atoms with E-state index in [0.717, 1.165) is 24.2 Å². The van der Waals surface area contributed by atoms with Crippen LogP contribution in [0.15, 0.2) is 24.3 Å². The molecule has 1 aromatic carbocycles. The first-order valence-electron chi connectivity index (χ1n) is 7.38. The van der Waals surface area contributed by atoms with Gasteiger partial charge in [0, 0.05) is 31.9 Å². The SMILES string of the molecule is CC(CC1CCCN1)Nc1ccccc1C(=O)N(C)C. The van der Waals surface area contributed by atoms with E-state index in [-0.39, 0.29) is 5.91 Å². The summed E-state index contributed by atoms with van der Waals surface area (Å²) >= 11 is 0. The molecule has 0 saturated carbocycles. The molecule has 0 aromatic heterocycles. The lowest BCUT2D eigenvalue weighted by Crippen LogP contribution is -2.30. The molecule has 1 amide bonds. The van der Waals surface area contributed by atoms with Crippen molar-refractivity contribution in [1.29, 1.82) is 0 Å². The maximum absolute atomic E-state index is 12.2. The van der Waals surface area contributed by atoms with Crippen molar-refractivity contribution in [2.45, 2.75) is 38.3 Å². The topological polar surface area (TPSA) is 44.4 Å². The number of nitrogens with zero attached hydrogens (tertiary/aromatic N) is 1. The number of hydrogen-bond donors (Lipinski definition) is 2. The Morgan fingerprint density at radius 1 is 1.45 bits per heavy atom. The summed E-state index contributed by atoms with van der Waals surface area (Å²) < 4.78 is 0. The molecule has 1 aliphatic heterocycles. The van der Waals surface area contributed by atoms with Crippen LogP contribution >= 0.6 is 0 Å². The maximum atomic E-state index is 12.2. The number of benzene rings is 1. The summed E-state index contributed by atoms with van der Waals surface area (Å²) in [5.41, 5.74) is 1.67. The fourth-order valence-corrected chi connectivity index (χ4v) is 2.75. The smallest absolute Gasteiger partial charge is 0.255 e. The van der Waals surface area contributed by atoms with Gasteiger partial charge in [0.2, 0.25) is 0 Å². The van der Waals surface area contributed by atoms with Crippen molar-refractivity contribution in [3.8, 4) is 0 Å². The van der Waals surface area contributed by atoms with Crippen molar-refractivity contribution in [2.75, 3.05) is 26.0 Å². The first-order chi connectivity index (χ1) is 9.58. The van der Waals surface area contributed by atoms with E-state index in [0.29, 0.717) is 12.1 Å². The minimum Gasteiger partial charge on any atom is -0.382 e. The molecular weight excluding hydrogens is 250 g/mol. The third-order valence-corrected chi connectivity index (χ3v) is 3.77. The third kappa shape index (κ3) is 3.73. The first-order valence-corrected chi connectivity index (χ1v) is 7.38. The van der Waals surface area contributed by atoms with Gasteiger partial charge in [0.1, 0.15) is 0 Å². The molecule has 1 heterocycles. The Balaban J connectivity index is 2.02. The van der Waals surface area contributed by atoms with E-state index in [1.54, 1.807) is 19.0 Å². The monoisotopic (exact) mass is 275 g/mol. The van der Waals surface area contributed by atoms with Gasteiger partial charge in [0.15, 0.2) is 0 Å². The van der Waals surface area contributed by atoms with Crippen LogP contribution in [0.5, 0.6) is 0 Å². The Morgan fingerprint density at radius 2 is 2.20 bits per heavy atom. The lowest BCUT2D eigenvalue weighted by Gasteiger charge is -2.21. The van der Waals surface area contributed by atoms with Crippen LogP contribution in [-0.2, 0) is 0 Å². The Kier molecular flexibility index (Phi) is 5.01. The van der Waals surface area contributed by atoms with Gasteiger partial charge in [0.25, 0.3) is 5.91 Å². The Hall–Kier alpha value is -1.55. The Morgan fingerprint density at radius 3 is 2.85 bits per heavy atom. The quantitative estimate of drug-likeness (QED) is 0.867. The van der Waals surface area contributed by atoms with Gasteiger partial charge >= 0.3 is 0 Å². The number of nitrogens with one attached hydrogen (secondary N) is 2. The second kappa shape index (κ2) is 6.75. The molecule has 2 unspecified atom stereocenters. The highest BCUT2D eigenvalue weighted by atomic mass is 16.2. The molecular formula is C16H25N3O. The molecule has 0 bridgehead atoms. The van der Waals surface area contributed by atoms with Gasteiger partial charge in [-0.05, 0) is 44.9 Å². The van der Waals surface area contributed by atoms with Crippen LogP contribution in [0.1, 0.15) is 36.5 Å². The molecule has 2 rings (SSSR count). The molecule has 1 saturated heterocycles. The fourth-order valence-electron chi connectivity index (χ4n) is 2.75. The molecule has 4 nitrogen and oxygen atoms in total. The molecule has 0 aliphatic carbocycles. The molecule has 20 heavy (non-hydrogen) atoms. The Bertz CT molecular complexity index is 453. The number of carbonyl (C=O) groups is 1. The molecule has 0 spiro atoms. The van der Waals surface area contributed by atoms with E-state index >= 15 is 0 Å². The third-order valence-electron chi connectivity index (χ3n) is 3.77. The number of carbonyl (C=O) groups excluding carboxylic acids is 1. The van der Waals surface area contributed by atoms with Crippen molar-refractivity contribution in [1.82, 2.24) is 10.2 Å². The Labute approximate surface area is 121 Å². The minimum absolute atomic E-state index is 0.0410. The van der Waals surface area contributed by atoms with Crippen LogP contribution in [0.2, 0.25) is 0 Å². The van der Waals surface area contributed by atoms with Crippen molar-refractivity contribution in [3.05, 3.63) is 29.8 Å². The second-order valence-corrected chi connectivity index (χ2v) is 5.82. The van der Waals surface area contributed by atoms with Gasteiger partial charge in [-0.2, -0.15) is 0 Å². The van der Waals surface area contributed by atoms with Crippen LogP contribution < -0.4 is 10.6 Å². The number of rotatable bonds is 5. The zero-order valence-corrected chi connectivity index (χ0v) is 12.6. The lowest BCUT2D eigenvalue weighted by molar-refractivity contribution is 0.0828. The van der Waals surface area contributed by atoms with Crippen molar-refractivity contribution >= 4 is 11.6 Å². The van der Waals surface area contributed by atoms with Gasteiger partial charge in [0.05, 0.1) is 5.56 Å². The summed E-state index contributed by atoms with van der Waals surface area (Å²) in [6.07, 6.45) is 3.61. The van der Waals surface area contributed by atoms with Crippen LogP contribution in [0.25, 0.3) is 0 Å². The van der Waals surface area contributed by atoms with Gasteiger partial charge in [-0.15, -0.1) is 0 Å². The summed E-state index contributed by atoms with van der Waals surface area (Å²) in [7, 11) is 3.57. The fraction of sp³-hybridized carbons (Fsp3) is 0.562. The average Bonchev–Trinajstić information content (AvgIpc) is 2.91. The number of amides is 1. The minimum atomic E-state index is 0.0410. The normalized spacial score (nSPS) is 19.6. The molecule has 2 atom stereocenters. The highest BCUT2D eigenvalue weighted by molar-refractivity contribution is 5.99. The summed E-state index contributed by atoms with van der Waals surface area (Å²) in [6.45, 7) is 3.31. The van der Waals surface area contributed by atoms with Crippen LogP contribution in [0, 0.1) is 0 Å². The van der Waals surface area contributed by atoms with Gasteiger partial charge in [-0.3, -0.25) is 4.79 Å². The number of para-hydroxylation sites is 1. The van der Waals surface area contributed by atoms with Gasteiger partial charge in [-0.25, -0.2) is 0 Å². The molecule has 1 aliphatic rings. The molecule has 0 radical (unpaired) electrons. The number of hydrogen-bond acceptors (Lipinski definition) is 3. The lowest BCUT2D eigenvalue weighted by atomic mass is 10.1. The zero-order chi connectivity index (χ0) is 14.5. The summed E-state index contributed by atoms with van der Waals surface area (Å²) in [5.74, 6) is 0.0410. The van der Waals surface area contributed by atoms with Gasteiger partial charge in [-0.1, -0.05) is 12.1 Å². The first kappa shape index (κ1) is 14.9. The summed E-state index contributed by atoms with van der Waals surface area (Å²) in [5, 5.41) is 7.00. The van der Waals surface area contributed by atoms with Crippen molar-refractivity contribution < 1.29 is 4.79 Å². The summed E-state index contributed by atoms with van der Waals surface area (Å²) in [6, 6.07) is 8.69. The van der Waals surface area contributed by atoms with Crippen LogP contribution in [-0.4, -0.2) is 43.5 Å². The van der Waals surface area contributed by atoms with E-state index in [1.165, 1.54) is 12.8 Å². The van der Waals surface area contributed by atoms with E-state index in [4.69, 9.17) is 0 Å². The standard InChI is InChI=1S/C16H25N3O/c1-12(11-13-7-6-10-17-13)18-15-9-5-4-8-14(15)16(20)19(2)3/h4-5,8-9,12-13,17-18H,6-7,10-11H2,1-3H3. The predicted molar refractivity (Wildman–Crippen MR) is 83.2 cm³/mol. The van der Waals surface area contributed by atoms with E-state index in [1.807, 2.05) is 24.3 Å². The average molecular weight is 275 g/mol. The van der Waals surface area contributed by atoms with Gasteiger partial charge < -0.3 is 15.5 Å². The highest BCUT2D eigenvalue weighted by Gasteiger charge is 2.19. The summed E-state index contributed by atoms with van der Waals surface area (Å²) in [4.78, 5) is 13.8. The molecule has 110 valence electrons. The van der Waals surface area contributed by atoms with Crippen LogP contribution in [0.3, 0.4) is 0 Å². The van der Waals surface area contributed by atoms with E-state index in [9.17, 15) is 4.79 Å². The molecule has 4 heteroatoms. The predicted octanol–water partition coefficient (Wildman–Crippen LogP) is 2.33.